The highest BCUT2D eigenvalue weighted by Crippen LogP contribution is 2.37. The van der Waals surface area contributed by atoms with Crippen molar-refractivity contribution in [1.82, 2.24) is 4.98 Å². The monoisotopic (exact) mass is 377 g/mol. The summed E-state index contributed by atoms with van der Waals surface area (Å²) in [6, 6.07) is 19.3. The average Bonchev–Trinajstić information content (AvgIpc) is 2.73. The lowest BCUT2D eigenvalue weighted by Gasteiger charge is -2.20. The van der Waals surface area contributed by atoms with Crippen LogP contribution in [-0.4, -0.2) is 18.2 Å². The Kier molecular flexibility index (Phi) is 3.80. The molecule has 5 heteroatoms. The number of pyridine rings is 1. The lowest BCUT2D eigenvalue weighted by molar-refractivity contribution is 0.171. The molecule has 0 bridgehead atoms. The second-order valence-corrected chi connectivity index (χ2v) is 7.01. The first-order valence-corrected chi connectivity index (χ1v) is 9.23. The number of hydrogen-bond acceptors (Lipinski definition) is 3. The molecule has 2 heterocycles. The van der Waals surface area contributed by atoms with Crippen molar-refractivity contribution in [1.29, 1.82) is 0 Å². The van der Waals surface area contributed by atoms with Crippen molar-refractivity contribution in [2.24, 2.45) is 0 Å². The summed E-state index contributed by atoms with van der Waals surface area (Å²) in [5.41, 5.74) is 2.61. The molecule has 0 saturated heterocycles. The zero-order valence-corrected chi connectivity index (χ0v) is 15.1. The first-order valence-electron chi connectivity index (χ1n) is 8.79. The van der Waals surface area contributed by atoms with Crippen LogP contribution in [-0.2, 0) is 0 Å². The van der Waals surface area contributed by atoms with E-state index in [1.165, 1.54) is 0 Å². The smallest absolute Gasteiger partial charge is 0.256 e. The van der Waals surface area contributed by atoms with Gasteiger partial charge in [-0.05, 0) is 46.8 Å². The minimum Gasteiger partial charge on any atom is -0.486 e. The SMILES string of the molecule is O=c1[nH]c2ccc(C(Cl)c3ccc4c(c3)OCCO4)cc2c2ccccc12. The lowest BCUT2D eigenvalue weighted by Crippen LogP contribution is -2.15. The molecule has 0 saturated carbocycles. The third-order valence-corrected chi connectivity index (χ3v) is 5.41. The van der Waals surface area contributed by atoms with Crippen LogP contribution >= 0.6 is 11.6 Å². The summed E-state index contributed by atoms with van der Waals surface area (Å²) >= 11 is 6.79. The predicted octanol–water partition coefficient (Wildman–Crippen LogP) is 4.78. The van der Waals surface area contributed by atoms with Gasteiger partial charge in [-0.15, -0.1) is 11.6 Å². The molecule has 1 aliphatic heterocycles. The van der Waals surface area contributed by atoms with E-state index in [9.17, 15) is 4.79 Å². The number of benzene rings is 3. The highest BCUT2D eigenvalue weighted by atomic mass is 35.5. The van der Waals surface area contributed by atoms with Gasteiger partial charge in [-0.1, -0.05) is 30.3 Å². The van der Waals surface area contributed by atoms with Gasteiger partial charge in [-0.25, -0.2) is 0 Å². The Morgan fingerprint density at radius 2 is 1.52 bits per heavy atom. The van der Waals surface area contributed by atoms with Crippen molar-refractivity contribution in [3.63, 3.8) is 0 Å². The minimum absolute atomic E-state index is 0.0832. The molecule has 0 aliphatic carbocycles. The Balaban J connectivity index is 1.63. The number of aromatic amines is 1. The van der Waals surface area contributed by atoms with Gasteiger partial charge in [0.25, 0.3) is 5.56 Å². The quantitative estimate of drug-likeness (QED) is 0.404. The van der Waals surface area contributed by atoms with E-state index in [1.807, 2.05) is 60.7 Å². The maximum absolute atomic E-state index is 12.3. The molecular formula is C22H16ClNO3. The van der Waals surface area contributed by atoms with Crippen LogP contribution in [0.25, 0.3) is 21.7 Å². The first-order chi connectivity index (χ1) is 13.2. The van der Waals surface area contributed by atoms with Gasteiger partial charge in [0, 0.05) is 16.3 Å². The average molecular weight is 378 g/mol. The molecule has 4 nitrogen and oxygen atoms in total. The van der Waals surface area contributed by atoms with E-state index in [0.717, 1.165) is 38.9 Å². The maximum atomic E-state index is 12.3. The number of rotatable bonds is 2. The second kappa shape index (κ2) is 6.32. The summed E-state index contributed by atoms with van der Waals surface area (Å²) in [6.45, 7) is 1.10. The van der Waals surface area contributed by atoms with Gasteiger partial charge in [-0.3, -0.25) is 4.79 Å². The number of ether oxygens (including phenoxy) is 2. The molecule has 134 valence electrons. The van der Waals surface area contributed by atoms with E-state index in [2.05, 4.69) is 4.98 Å². The van der Waals surface area contributed by atoms with E-state index in [0.29, 0.717) is 18.6 Å². The van der Waals surface area contributed by atoms with Crippen molar-refractivity contribution in [3.8, 4) is 11.5 Å². The third kappa shape index (κ3) is 2.73. The highest BCUT2D eigenvalue weighted by Gasteiger charge is 2.17. The molecular weight excluding hydrogens is 362 g/mol. The van der Waals surface area contributed by atoms with Crippen molar-refractivity contribution < 1.29 is 9.47 Å². The van der Waals surface area contributed by atoms with Crippen LogP contribution in [0.4, 0.5) is 0 Å². The Labute approximate surface area is 160 Å². The molecule has 1 unspecified atom stereocenters. The summed E-state index contributed by atoms with van der Waals surface area (Å²) in [5.74, 6) is 1.47. The maximum Gasteiger partial charge on any atom is 0.256 e. The van der Waals surface area contributed by atoms with Gasteiger partial charge < -0.3 is 14.5 Å². The molecule has 27 heavy (non-hydrogen) atoms. The lowest BCUT2D eigenvalue weighted by atomic mass is 9.99. The summed E-state index contributed by atoms with van der Waals surface area (Å²) < 4.78 is 11.2. The molecule has 1 N–H and O–H groups in total. The summed E-state index contributed by atoms with van der Waals surface area (Å²) in [6.07, 6.45) is 0. The van der Waals surface area contributed by atoms with Crippen LogP contribution in [0.5, 0.6) is 11.5 Å². The van der Waals surface area contributed by atoms with Crippen molar-refractivity contribution in [3.05, 3.63) is 82.1 Å². The molecule has 0 radical (unpaired) electrons. The number of hydrogen-bond donors (Lipinski definition) is 1. The van der Waals surface area contributed by atoms with Gasteiger partial charge >= 0.3 is 0 Å². The van der Waals surface area contributed by atoms with Crippen molar-refractivity contribution in [2.75, 3.05) is 13.2 Å². The fourth-order valence-electron chi connectivity index (χ4n) is 3.57. The molecule has 4 aromatic rings. The molecule has 1 aliphatic rings. The van der Waals surface area contributed by atoms with E-state index in [4.69, 9.17) is 21.1 Å². The molecule has 1 atom stereocenters. The van der Waals surface area contributed by atoms with E-state index < -0.39 is 0 Å². The largest absolute Gasteiger partial charge is 0.486 e. The molecule has 3 aromatic carbocycles. The number of fused-ring (bicyclic) bond motifs is 4. The van der Waals surface area contributed by atoms with Gasteiger partial charge in [0.1, 0.15) is 13.2 Å². The van der Waals surface area contributed by atoms with Crippen LogP contribution in [0.2, 0.25) is 0 Å². The molecule has 0 spiro atoms. The van der Waals surface area contributed by atoms with Crippen LogP contribution in [0.15, 0.2) is 65.5 Å². The second-order valence-electron chi connectivity index (χ2n) is 6.57. The summed E-state index contributed by atoms with van der Waals surface area (Å²) in [5, 5.41) is 2.23. The number of nitrogens with one attached hydrogen (secondary N) is 1. The van der Waals surface area contributed by atoms with Gasteiger partial charge in [0.15, 0.2) is 11.5 Å². The summed E-state index contributed by atoms with van der Waals surface area (Å²) in [7, 11) is 0. The number of H-pyrrole nitrogens is 1. The van der Waals surface area contributed by atoms with Gasteiger partial charge in [0.05, 0.1) is 5.38 Å². The zero-order valence-electron chi connectivity index (χ0n) is 14.4. The molecule has 5 rings (SSSR count). The number of aromatic nitrogens is 1. The fourth-order valence-corrected chi connectivity index (χ4v) is 3.84. The van der Waals surface area contributed by atoms with Crippen LogP contribution in [0, 0.1) is 0 Å². The molecule has 1 aromatic heterocycles. The summed E-state index contributed by atoms with van der Waals surface area (Å²) in [4.78, 5) is 15.2. The fraction of sp³-hybridized carbons (Fsp3) is 0.136. The van der Waals surface area contributed by atoms with Crippen LogP contribution in [0.1, 0.15) is 16.5 Å². The van der Waals surface area contributed by atoms with Gasteiger partial charge in [0.2, 0.25) is 0 Å². The molecule has 0 amide bonds. The first kappa shape index (κ1) is 16.2. The Hall–Kier alpha value is -2.98. The zero-order chi connectivity index (χ0) is 18.4. The number of alkyl halides is 1. The minimum atomic E-state index is -0.337. The molecule has 0 fully saturated rings. The standard InChI is InChI=1S/C22H16ClNO3/c23-21(14-6-8-19-20(12-14)27-10-9-26-19)13-5-7-18-17(11-13)15-3-1-2-4-16(15)22(25)24-18/h1-8,11-12,21H,9-10H2,(H,24,25). The third-order valence-electron chi connectivity index (χ3n) is 4.91. The van der Waals surface area contributed by atoms with Crippen molar-refractivity contribution >= 4 is 33.3 Å². The van der Waals surface area contributed by atoms with E-state index in [-0.39, 0.29) is 10.9 Å². The van der Waals surface area contributed by atoms with Crippen LogP contribution < -0.4 is 15.0 Å². The van der Waals surface area contributed by atoms with Crippen molar-refractivity contribution in [2.45, 2.75) is 5.38 Å². The Morgan fingerprint density at radius 1 is 0.815 bits per heavy atom. The Bertz CT molecular complexity index is 1230. The van der Waals surface area contributed by atoms with Gasteiger partial charge in [-0.2, -0.15) is 0 Å². The van der Waals surface area contributed by atoms with E-state index >= 15 is 0 Å². The van der Waals surface area contributed by atoms with E-state index in [1.54, 1.807) is 0 Å². The predicted molar refractivity (Wildman–Crippen MR) is 107 cm³/mol. The normalized spacial score (nSPS) is 14.4. The Morgan fingerprint density at radius 3 is 2.37 bits per heavy atom. The number of halogens is 1. The highest BCUT2D eigenvalue weighted by molar-refractivity contribution is 6.23. The topological polar surface area (TPSA) is 51.3 Å². The van der Waals surface area contributed by atoms with Crippen LogP contribution in [0.3, 0.4) is 0 Å².